The van der Waals surface area contributed by atoms with Crippen molar-refractivity contribution >= 4 is 34.4 Å². The average Bonchev–Trinajstić information content (AvgIpc) is 2.54. The highest BCUT2D eigenvalue weighted by Gasteiger charge is 2.15. The number of methoxy groups -OCH3 is 1. The van der Waals surface area contributed by atoms with E-state index >= 15 is 0 Å². The maximum atomic E-state index is 12.7. The van der Waals surface area contributed by atoms with Crippen LogP contribution in [0.3, 0.4) is 0 Å². The van der Waals surface area contributed by atoms with Gasteiger partial charge in [0.05, 0.1) is 42.0 Å². The molecule has 24 heavy (non-hydrogen) atoms. The number of benzene rings is 1. The molecule has 1 atom stereocenters. The first-order valence-corrected chi connectivity index (χ1v) is 8.25. The Morgan fingerprint density at radius 1 is 1.42 bits per heavy atom. The number of carbonyl (C=O) groups excluding carboxylic acids is 2. The predicted octanol–water partition coefficient (Wildman–Crippen LogP) is 1.24. The summed E-state index contributed by atoms with van der Waals surface area (Å²) in [6, 6.07) is 4.48. The number of ketones is 1. The van der Waals surface area contributed by atoms with Gasteiger partial charge >= 0.3 is 5.97 Å². The van der Waals surface area contributed by atoms with E-state index in [-0.39, 0.29) is 29.2 Å². The number of ether oxygens (including phenoxy) is 1. The number of aliphatic hydroxyl groups excluding tert-OH is 1. The van der Waals surface area contributed by atoms with Crippen molar-refractivity contribution in [3.8, 4) is 0 Å². The average molecular weight is 350 g/mol. The van der Waals surface area contributed by atoms with Crippen LogP contribution < -0.4 is 5.56 Å². The summed E-state index contributed by atoms with van der Waals surface area (Å²) in [7, 11) is 1.27. The normalized spacial score (nSPS) is 12.2. The summed E-state index contributed by atoms with van der Waals surface area (Å²) in [6.07, 6.45) is -0.743. The van der Waals surface area contributed by atoms with Crippen molar-refractivity contribution in [1.82, 2.24) is 9.55 Å². The molecule has 0 saturated heterocycles. The maximum Gasteiger partial charge on any atom is 0.337 e. The Kier molecular flexibility index (Phi) is 5.74. The van der Waals surface area contributed by atoms with Crippen LogP contribution in [-0.4, -0.2) is 45.4 Å². The van der Waals surface area contributed by atoms with Gasteiger partial charge in [0.15, 0.2) is 5.16 Å². The molecule has 7 nitrogen and oxygen atoms in total. The van der Waals surface area contributed by atoms with Crippen molar-refractivity contribution in [2.24, 2.45) is 0 Å². The lowest BCUT2D eigenvalue weighted by atomic mass is 10.1. The van der Waals surface area contributed by atoms with Crippen molar-refractivity contribution in [2.75, 3.05) is 12.9 Å². The maximum absolute atomic E-state index is 12.7. The van der Waals surface area contributed by atoms with Gasteiger partial charge in [0.2, 0.25) is 0 Å². The van der Waals surface area contributed by atoms with E-state index in [2.05, 4.69) is 9.72 Å². The van der Waals surface area contributed by atoms with Gasteiger partial charge in [-0.3, -0.25) is 14.2 Å². The highest BCUT2D eigenvalue weighted by molar-refractivity contribution is 7.99. The summed E-state index contributed by atoms with van der Waals surface area (Å²) in [6.45, 7) is 3.08. The van der Waals surface area contributed by atoms with Crippen LogP contribution in [0.15, 0.2) is 28.2 Å². The standard InChI is InChI=1S/C16H18N2O5S/c1-9(19)7-18-14(21)12-5-4-11(15(22)23-3)6-13(12)17-16(18)24-8-10(2)20/h4-6,9,19H,7-8H2,1-3H3/t9-/m0/s1. The lowest BCUT2D eigenvalue weighted by molar-refractivity contribution is -0.114. The third-order valence-corrected chi connectivity index (χ3v) is 4.31. The second-order valence-corrected chi connectivity index (χ2v) is 6.32. The third kappa shape index (κ3) is 4.01. The van der Waals surface area contributed by atoms with Crippen molar-refractivity contribution in [3.05, 3.63) is 34.1 Å². The molecular formula is C16H18N2O5S. The molecule has 0 fully saturated rings. The number of hydrogen-bond acceptors (Lipinski definition) is 7. The largest absolute Gasteiger partial charge is 0.465 e. The third-order valence-electron chi connectivity index (χ3n) is 3.19. The van der Waals surface area contributed by atoms with Crippen LogP contribution in [0.25, 0.3) is 10.9 Å². The number of aromatic nitrogens is 2. The molecule has 0 spiro atoms. The number of carbonyl (C=O) groups is 2. The molecule has 0 radical (unpaired) electrons. The van der Waals surface area contributed by atoms with Crippen LogP contribution in [0.2, 0.25) is 0 Å². The van der Waals surface area contributed by atoms with Gasteiger partial charge in [0.25, 0.3) is 5.56 Å². The highest BCUT2D eigenvalue weighted by Crippen LogP contribution is 2.19. The Morgan fingerprint density at radius 3 is 2.71 bits per heavy atom. The number of fused-ring (bicyclic) bond motifs is 1. The summed E-state index contributed by atoms with van der Waals surface area (Å²) in [5.74, 6) is -0.417. The zero-order valence-electron chi connectivity index (χ0n) is 13.6. The van der Waals surface area contributed by atoms with Crippen LogP contribution >= 0.6 is 11.8 Å². The molecular weight excluding hydrogens is 332 g/mol. The van der Waals surface area contributed by atoms with Crippen LogP contribution in [0.5, 0.6) is 0 Å². The summed E-state index contributed by atoms with van der Waals surface area (Å²) < 4.78 is 6.01. The van der Waals surface area contributed by atoms with Gasteiger partial charge in [0, 0.05) is 0 Å². The Labute approximate surface area is 142 Å². The van der Waals surface area contributed by atoms with Crippen molar-refractivity contribution < 1.29 is 19.4 Å². The van der Waals surface area contributed by atoms with E-state index in [0.29, 0.717) is 16.1 Å². The summed E-state index contributed by atoms with van der Waals surface area (Å²) in [4.78, 5) is 39.9. The summed E-state index contributed by atoms with van der Waals surface area (Å²) in [5, 5.41) is 10.3. The number of esters is 1. The minimum Gasteiger partial charge on any atom is -0.465 e. The van der Waals surface area contributed by atoms with Crippen LogP contribution in [0.1, 0.15) is 24.2 Å². The van der Waals surface area contributed by atoms with Gasteiger partial charge in [-0.1, -0.05) is 11.8 Å². The molecule has 1 heterocycles. The first kappa shape index (κ1) is 18.2. The second kappa shape index (κ2) is 7.59. The van der Waals surface area contributed by atoms with E-state index in [1.54, 1.807) is 6.92 Å². The molecule has 0 bridgehead atoms. The molecule has 0 unspecified atom stereocenters. The van der Waals surface area contributed by atoms with Gasteiger partial charge in [-0.15, -0.1) is 0 Å². The predicted molar refractivity (Wildman–Crippen MR) is 90.4 cm³/mol. The van der Waals surface area contributed by atoms with E-state index in [1.807, 2.05) is 0 Å². The zero-order valence-corrected chi connectivity index (χ0v) is 14.4. The van der Waals surface area contributed by atoms with Gasteiger partial charge in [-0.2, -0.15) is 0 Å². The molecule has 0 aliphatic heterocycles. The fourth-order valence-electron chi connectivity index (χ4n) is 2.15. The number of aliphatic hydroxyl groups is 1. The first-order valence-electron chi connectivity index (χ1n) is 7.26. The molecule has 128 valence electrons. The number of rotatable bonds is 6. The first-order chi connectivity index (χ1) is 11.3. The second-order valence-electron chi connectivity index (χ2n) is 5.37. The fourth-order valence-corrected chi connectivity index (χ4v) is 2.96. The molecule has 1 aromatic carbocycles. The quantitative estimate of drug-likeness (QED) is 0.475. The van der Waals surface area contributed by atoms with Crippen LogP contribution in [-0.2, 0) is 16.1 Å². The van der Waals surface area contributed by atoms with Crippen molar-refractivity contribution in [3.63, 3.8) is 0 Å². The minimum atomic E-state index is -0.743. The van der Waals surface area contributed by atoms with Crippen molar-refractivity contribution in [2.45, 2.75) is 31.7 Å². The molecule has 8 heteroatoms. The summed E-state index contributed by atoms with van der Waals surface area (Å²) >= 11 is 1.12. The molecule has 1 aromatic heterocycles. The van der Waals surface area contributed by atoms with Gasteiger partial charge in [-0.05, 0) is 32.0 Å². The lowest BCUT2D eigenvalue weighted by Crippen LogP contribution is -2.28. The number of nitrogens with zero attached hydrogens (tertiary/aromatic N) is 2. The van der Waals surface area contributed by atoms with Crippen molar-refractivity contribution in [1.29, 1.82) is 0 Å². The van der Waals surface area contributed by atoms with Crippen LogP contribution in [0.4, 0.5) is 0 Å². The van der Waals surface area contributed by atoms with E-state index in [4.69, 9.17) is 0 Å². The van der Waals surface area contributed by atoms with E-state index < -0.39 is 12.1 Å². The van der Waals surface area contributed by atoms with Gasteiger partial charge in [0.1, 0.15) is 5.78 Å². The van der Waals surface area contributed by atoms with Gasteiger partial charge < -0.3 is 9.84 Å². The van der Waals surface area contributed by atoms with E-state index in [0.717, 1.165) is 11.8 Å². The molecule has 0 saturated carbocycles. The SMILES string of the molecule is COC(=O)c1ccc2c(=O)n(C[C@H](C)O)c(SCC(C)=O)nc2c1. The molecule has 0 aliphatic carbocycles. The fraction of sp³-hybridized carbons (Fsp3) is 0.375. The minimum absolute atomic E-state index is 0.0544. The zero-order chi connectivity index (χ0) is 17.9. The van der Waals surface area contributed by atoms with E-state index in [1.165, 1.54) is 36.8 Å². The Bertz CT molecular complexity index is 844. The topological polar surface area (TPSA) is 98.5 Å². The highest BCUT2D eigenvalue weighted by atomic mass is 32.2. The molecule has 1 N–H and O–H groups in total. The molecule has 0 aliphatic rings. The van der Waals surface area contributed by atoms with Crippen LogP contribution in [0, 0.1) is 0 Å². The number of Topliss-reactive ketones (excluding diaryl/α,β-unsaturated/α-hetero) is 1. The molecule has 2 aromatic rings. The number of hydrogen-bond donors (Lipinski definition) is 1. The summed E-state index contributed by atoms with van der Waals surface area (Å²) in [5.41, 5.74) is 0.298. The lowest BCUT2D eigenvalue weighted by Gasteiger charge is -2.14. The Morgan fingerprint density at radius 2 is 2.12 bits per heavy atom. The smallest absolute Gasteiger partial charge is 0.337 e. The van der Waals surface area contributed by atoms with Gasteiger partial charge in [-0.25, -0.2) is 9.78 Å². The Balaban J connectivity index is 2.62. The molecule has 2 rings (SSSR count). The van der Waals surface area contributed by atoms with E-state index in [9.17, 15) is 19.5 Å². The Hall–Kier alpha value is -2.19. The molecule has 0 amide bonds. The monoisotopic (exact) mass is 350 g/mol. The number of thioether (sulfide) groups is 1.